The minimum atomic E-state index is -0.366. The van der Waals surface area contributed by atoms with Crippen LogP contribution in [-0.4, -0.2) is 55.8 Å². The van der Waals surface area contributed by atoms with Gasteiger partial charge in [-0.05, 0) is 43.5 Å². The minimum absolute atomic E-state index is 0.152. The molecule has 2 saturated heterocycles. The number of aromatic nitrogens is 1. The molecule has 0 atom stereocenters. The summed E-state index contributed by atoms with van der Waals surface area (Å²) < 4.78 is 38.0. The van der Waals surface area contributed by atoms with Crippen LogP contribution in [0.15, 0.2) is 42.1 Å². The van der Waals surface area contributed by atoms with Crippen molar-refractivity contribution in [2.75, 3.05) is 40.0 Å². The van der Waals surface area contributed by atoms with Crippen LogP contribution < -0.4 is 14.2 Å². The van der Waals surface area contributed by atoms with E-state index in [9.17, 15) is 4.79 Å². The van der Waals surface area contributed by atoms with E-state index in [1.807, 2.05) is 24.0 Å². The lowest BCUT2D eigenvalue weighted by atomic mass is 9.78. The van der Waals surface area contributed by atoms with Gasteiger partial charge in [-0.25, -0.2) is 4.39 Å². The second-order valence-corrected chi connectivity index (χ2v) is 10.2. The second kappa shape index (κ2) is 9.34. The molecule has 3 heterocycles. The maximum Gasteiger partial charge on any atom is 0.222 e. The molecule has 6 rings (SSSR count). The van der Waals surface area contributed by atoms with Crippen molar-refractivity contribution in [1.82, 2.24) is 9.88 Å². The van der Waals surface area contributed by atoms with Crippen LogP contribution in [-0.2, 0) is 16.0 Å². The van der Waals surface area contributed by atoms with E-state index in [1.54, 1.807) is 37.6 Å². The maximum absolute atomic E-state index is 15.1. The van der Waals surface area contributed by atoms with Crippen LogP contribution in [0, 0.1) is 11.2 Å². The number of likely N-dealkylation sites (tertiary alicyclic amines) is 1. The fourth-order valence-electron chi connectivity index (χ4n) is 5.28. The van der Waals surface area contributed by atoms with Crippen LogP contribution in [0.4, 0.5) is 4.39 Å². The molecule has 0 radical (unpaired) electrons. The highest BCUT2D eigenvalue weighted by Crippen LogP contribution is 2.40. The van der Waals surface area contributed by atoms with Crippen molar-refractivity contribution in [3.63, 3.8) is 0 Å². The van der Waals surface area contributed by atoms with E-state index in [0.717, 1.165) is 43.9 Å². The number of rotatable bonds is 8. The van der Waals surface area contributed by atoms with Gasteiger partial charge in [0, 0.05) is 42.7 Å². The van der Waals surface area contributed by atoms with Gasteiger partial charge in [-0.3, -0.25) is 9.78 Å². The lowest BCUT2D eigenvalue weighted by Gasteiger charge is -2.55. The normalized spacial score (nSPS) is 17.2. The van der Waals surface area contributed by atoms with Crippen molar-refractivity contribution in [3.05, 3.63) is 59.0 Å². The molecule has 37 heavy (non-hydrogen) atoms. The fourth-order valence-corrected chi connectivity index (χ4v) is 5.28. The summed E-state index contributed by atoms with van der Waals surface area (Å²) in [4.78, 5) is 18.7. The van der Waals surface area contributed by atoms with E-state index in [2.05, 4.69) is 4.98 Å². The number of hydrogen-bond acceptors (Lipinski definition) is 6. The zero-order valence-electron chi connectivity index (χ0n) is 21.0. The van der Waals surface area contributed by atoms with Crippen LogP contribution in [0.2, 0.25) is 0 Å². The molecule has 0 bridgehead atoms. The van der Waals surface area contributed by atoms with E-state index in [-0.39, 0.29) is 22.9 Å². The molecule has 2 aliphatic heterocycles. The van der Waals surface area contributed by atoms with Gasteiger partial charge in [-0.15, -0.1) is 0 Å². The topological polar surface area (TPSA) is 70.1 Å². The molecule has 0 N–H and O–H groups in total. The quantitative estimate of drug-likeness (QED) is 0.395. The molecule has 0 unspecified atom stereocenters. The van der Waals surface area contributed by atoms with E-state index in [1.165, 1.54) is 0 Å². The molecule has 192 valence electrons. The molecule has 0 saturated carbocycles. The van der Waals surface area contributed by atoms with Gasteiger partial charge in [-0.2, -0.15) is 0 Å². The molecule has 2 aromatic carbocycles. The Kier molecular flexibility index (Phi) is 5.99. The number of pyridine rings is 1. The highest BCUT2D eigenvalue weighted by atomic mass is 19.1. The molecule has 7 nitrogen and oxygen atoms in total. The van der Waals surface area contributed by atoms with Crippen molar-refractivity contribution in [1.29, 1.82) is 0 Å². The Labute approximate surface area is 214 Å². The van der Waals surface area contributed by atoms with E-state index in [0.29, 0.717) is 53.2 Å². The number of hydrogen-bond donors (Lipinski definition) is 0. The van der Waals surface area contributed by atoms with Crippen LogP contribution in [0.3, 0.4) is 0 Å². The Morgan fingerprint density at radius 3 is 2.73 bits per heavy atom. The zero-order valence-corrected chi connectivity index (χ0v) is 21.0. The monoisotopic (exact) mass is 504 g/mol. The smallest absolute Gasteiger partial charge is 0.222 e. The van der Waals surface area contributed by atoms with Gasteiger partial charge in [0.05, 0.1) is 37.9 Å². The average molecular weight is 505 g/mol. The number of carbonyl (C=O) groups excluding carboxylic acids is 1. The lowest BCUT2D eigenvalue weighted by Crippen LogP contribution is -2.67. The van der Waals surface area contributed by atoms with E-state index >= 15 is 4.39 Å². The van der Waals surface area contributed by atoms with Crippen molar-refractivity contribution in [2.24, 2.45) is 5.41 Å². The number of nitrogens with zero attached hydrogens (tertiary/aromatic N) is 2. The molecule has 1 aliphatic carbocycles. The predicted octanol–water partition coefficient (Wildman–Crippen LogP) is 5.15. The zero-order chi connectivity index (χ0) is 25.6. The summed E-state index contributed by atoms with van der Waals surface area (Å²) in [6.07, 6.45) is 5.28. The number of amides is 1. The molecule has 1 amide bonds. The van der Waals surface area contributed by atoms with Crippen LogP contribution in [0.1, 0.15) is 30.9 Å². The number of ether oxygens (including phenoxy) is 4. The molecule has 8 heteroatoms. The molecular weight excluding hydrogens is 475 g/mol. The summed E-state index contributed by atoms with van der Waals surface area (Å²) >= 11 is 0. The first-order chi connectivity index (χ1) is 17.9. The first-order valence-corrected chi connectivity index (χ1v) is 12.6. The predicted molar refractivity (Wildman–Crippen MR) is 137 cm³/mol. The van der Waals surface area contributed by atoms with Gasteiger partial charge in [0.15, 0.2) is 23.1 Å². The Morgan fingerprint density at radius 2 is 1.97 bits per heavy atom. The highest BCUT2D eigenvalue weighted by molar-refractivity contribution is 5.88. The summed E-state index contributed by atoms with van der Waals surface area (Å²) in [5, 5.41) is 0.681. The molecule has 1 spiro atoms. The van der Waals surface area contributed by atoms with Gasteiger partial charge >= 0.3 is 0 Å². The third-order valence-electron chi connectivity index (χ3n) is 7.32. The van der Waals surface area contributed by atoms with Crippen molar-refractivity contribution in [3.8, 4) is 23.0 Å². The number of halogens is 1. The summed E-state index contributed by atoms with van der Waals surface area (Å²) in [6, 6.07) is 8.85. The number of allylic oxidation sites excluding steroid dienone is 1. The van der Waals surface area contributed by atoms with Gasteiger partial charge < -0.3 is 23.8 Å². The summed E-state index contributed by atoms with van der Waals surface area (Å²) in [6.45, 7) is 5.49. The third-order valence-corrected chi connectivity index (χ3v) is 7.32. The van der Waals surface area contributed by atoms with Crippen LogP contribution in [0.5, 0.6) is 23.0 Å². The van der Waals surface area contributed by atoms with Crippen LogP contribution in [0.25, 0.3) is 17.0 Å². The van der Waals surface area contributed by atoms with Crippen molar-refractivity contribution < 1.29 is 28.1 Å². The highest BCUT2D eigenvalue weighted by Gasteiger charge is 2.50. The summed E-state index contributed by atoms with van der Waals surface area (Å²) in [7, 11) is 1.56. The molecule has 1 aromatic heterocycles. The Balaban J connectivity index is 1.13. The molecular formula is C29H29FN2O5. The lowest BCUT2D eigenvalue weighted by molar-refractivity contribution is -0.195. The Morgan fingerprint density at radius 1 is 1.14 bits per heavy atom. The third kappa shape index (κ3) is 4.39. The van der Waals surface area contributed by atoms with Gasteiger partial charge in [0.25, 0.3) is 0 Å². The Bertz CT molecular complexity index is 1410. The van der Waals surface area contributed by atoms with Gasteiger partial charge in [0.2, 0.25) is 5.91 Å². The number of carbonyl (C=O) groups is 1. The van der Waals surface area contributed by atoms with Crippen LogP contribution >= 0.6 is 0 Å². The SMILES string of the molecule is COc1cc2c(Oc3ccc4c(c3F)C=C(C)C4)ccnc2cc1OCCCC(=O)N1CC2(COC2)C1. The number of benzene rings is 2. The second-order valence-electron chi connectivity index (χ2n) is 10.2. The minimum Gasteiger partial charge on any atom is -0.493 e. The number of fused-ring (bicyclic) bond motifs is 2. The molecule has 3 aromatic rings. The van der Waals surface area contributed by atoms with E-state index < -0.39 is 0 Å². The fraction of sp³-hybridized carbons (Fsp3) is 0.379. The van der Waals surface area contributed by atoms with Gasteiger partial charge in [0.1, 0.15) is 5.75 Å². The largest absolute Gasteiger partial charge is 0.493 e. The molecule has 3 aliphatic rings. The first kappa shape index (κ1) is 23.7. The standard InChI is InChI=1S/C29H29FN2O5/c1-18-10-19-5-6-24(28(30)20(19)11-18)37-23-7-8-31-22-13-26(25(34-2)12-21(22)23)36-9-3-4-27(33)32-14-29(15-32)16-35-17-29/h5-8,11-13H,3-4,9-10,14-17H2,1-2H3. The van der Waals surface area contributed by atoms with Gasteiger partial charge in [-0.1, -0.05) is 17.7 Å². The molecule has 2 fully saturated rings. The first-order valence-electron chi connectivity index (χ1n) is 12.6. The van der Waals surface area contributed by atoms with E-state index in [4.69, 9.17) is 18.9 Å². The van der Waals surface area contributed by atoms with Crippen molar-refractivity contribution in [2.45, 2.75) is 26.2 Å². The Hall–Kier alpha value is -3.65. The maximum atomic E-state index is 15.1. The summed E-state index contributed by atoms with van der Waals surface area (Å²) in [5.74, 6) is 1.47. The number of methoxy groups -OCH3 is 1. The van der Waals surface area contributed by atoms with Crippen molar-refractivity contribution >= 4 is 22.9 Å². The average Bonchev–Trinajstić information content (AvgIpc) is 3.22. The summed E-state index contributed by atoms with van der Waals surface area (Å²) in [5.41, 5.74) is 3.54.